The first-order valence-electron chi connectivity index (χ1n) is 9.93. The third-order valence-corrected chi connectivity index (χ3v) is 6.60. The molecule has 2 heterocycles. The lowest BCUT2D eigenvalue weighted by atomic mass is 9.92. The number of carbonyl (C=O) groups excluding carboxylic acids is 1. The number of hydrogen-bond donors (Lipinski definition) is 1. The standard InChI is InChI=1S/C19H33N3O/c1-21-11-8-17(9-12-21)22-10-2-3-16(13-22)19(23)20-18(14-4-5-14)15-6-7-15/h14-18H,2-13H2,1H3,(H,20,23)/t16-/m1/s1. The molecule has 23 heavy (non-hydrogen) atoms. The van der Waals surface area contributed by atoms with Crippen molar-refractivity contribution in [3.63, 3.8) is 0 Å². The van der Waals surface area contributed by atoms with Gasteiger partial charge in [-0.2, -0.15) is 0 Å². The second-order valence-corrected chi connectivity index (χ2v) is 8.58. The molecule has 4 rings (SSSR count). The van der Waals surface area contributed by atoms with Gasteiger partial charge in [-0.1, -0.05) is 0 Å². The summed E-state index contributed by atoms with van der Waals surface area (Å²) in [7, 11) is 2.22. The molecule has 2 saturated heterocycles. The zero-order valence-corrected chi connectivity index (χ0v) is 14.7. The summed E-state index contributed by atoms with van der Waals surface area (Å²) in [6.45, 7) is 4.63. The highest BCUT2D eigenvalue weighted by molar-refractivity contribution is 5.79. The van der Waals surface area contributed by atoms with Crippen LogP contribution in [0, 0.1) is 17.8 Å². The Morgan fingerprint density at radius 3 is 2.22 bits per heavy atom. The van der Waals surface area contributed by atoms with E-state index in [1.807, 2.05) is 0 Å². The van der Waals surface area contributed by atoms with E-state index >= 15 is 0 Å². The molecule has 130 valence electrons. The fourth-order valence-electron chi connectivity index (χ4n) is 4.73. The van der Waals surface area contributed by atoms with Crippen molar-refractivity contribution in [3.05, 3.63) is 0 Å². The minimum Gasteiger partial charge on any atom is -0.353 e. The number of hydrogen-bond acceptors (Lipinski definition) is 3. The number of amides is 1. The zero-order valence-electron chi connectivity index (χ0n) is 14.7. The average molecular weight is 319 g/mol. The van der Waals surface area contributed by atoms with E-state index in [0.29, 0.717) is 18.0 Å². The van der Waals surface area contributed by atoms with Crippen LogP contribution in [0.5, 0.6) is 0 Å². The molecule has 1 atom stereocenters. The third-order valence-electron chi connectivity index (χ3n) is 6.60. The lowest BCUT2D eigenvalue weighted by Gasteiger charge is -2.41. The molecule has 0 aromatic heterocycles. The zero-order chi connectivity index (χ0) is 15.8. The van der Waals surface area contributed by atoms with Crippen LogP contribution in [0.4, 0.5) is 0 Å². The first-order valence-corrected chi connectivity index (χ1v) is 9.93. The molecular weight excluding hydrogens is 286 g/mol. The summed E-state index contributed by atoms with van der Waals surface area (Å²) in [5.74, 6) is 2.22. The maximum absolute atomic E-state index is 12.8. The Morgan fingerprint density at radius 1 is 0.957 bits per heavy atom. The van der Waals surface area contributed by atoms with E-state index in [2.05, 4.69) is 22.2 Å². The summed E-state index contributed by atoms with van der Waals surface area (Å²) in [5, 5.41) is 3.47. The number of likely N-dealkylation sites (tertiary alicyclic amines) is 2. The Labute approximate surface area is 141 Å². The molecule has 2 aliphatic heterocycles. The molecule has 0 spiro atoms. The summed E-state index contributed by atoms with van der Waals surface area (Å²) in [6, 6.07) is 1.23. The predicted molar refractivity (Wildman–Crippen MR) is 92.2 cm³/mol. The number of rotatable bonds is 5. The van der Waals surface area contributed by atoms with E-state index in [1.165, 1.54) is 64.6 Å². The molecule has 1 amide bonds. The van der Waals surface area contributed by atoms with Gasteiger partial charge in [0.2, 0.25) is 5.91 Å². The largest absolute Gasteiger partial charge is 0.353 e. The smallest absolute Gasteiger partial charge is 0.224 e. The molecule has 0 aromatic rings. The van der Waals surface area contributed by atoms with Gasteiger partial charge in [-0.15, -0.1) is 0 Å². The van der Waals surface area contributed by atoms with Gasteiger partial charge in [0.1, 0.15) is 0 Å². The Bertz CT molecular complexity index is 412. The fourth-order valence-corrected chi connectivity index (χ4v) is 4.73. The first-order chi connectivity index (χ1) is 11.2. The quantitative estimate of drug-likeness (QED) is 0.843. The summed E-state index contributed by atoms with van der Waals surface area (Å²) >= 11 is 0. The minimum atomic E-state index is 0.239. The average Bonchev–Trinajstić information content (AvgIpc) is 3.47. The second-order valence-electron chi connectivity index (χ2n) is 8.58. The predicted octanol–water partition coefficient (Wildman–Crippen LogP) is 2.10. The number of nitrogens with one attached hydrogen (secondary N) is 1. The highest BCUT2D eigenvalue weighted by Gasteiger charge is 2.43. The van der Waals surface area contributed by atoms with Crippen molar-refractivity contribution in [3.8, 4) is 0 Å². The third kappa shape index (κ3) is 3.90. The van der Waals surface area contributed by atoms with Gasteiger partial charge >= 0.3 is 0 Å². The van der Waals surface area contributed by atoms with E-state index in [-0.39, 0.29) is 5.92 Å². The van der Waals surface area contributed by atoms with Crippen molar-refractivity contribution in [1.29, 1.82) is 0 Å². The van der Waals surface area contributed by atoms with Crippen LogP contribution in [0.1, 0.15) is 51.4 Å². The van der Waals surface area contributed by atoms with Crippen LogP contribution in [0.2, 0.25) is 0 Å². The van der Waals surface area contributed by atoms with Crippen LogP contribution < -0.4 is 5.32 Å². The van der Waals surface area contributed by atoms with Crippen LogP contribution in [0.25, 0.3) is 0 Å². The molecule has 4 nitrogen and oxygen atoms in total. The Kier molecular flexibility index (Phi) is 4.64. The topological polar surface area (TPSA) is 35.6 Å². The fraction of sp³-hybridized carbons (Fsp3) is 0.947. The lowest BCUT2D eigenvalue weighted by molar-refractivity contribution is -0.128. The molecule has 0 aromatic carbocycles. The maximum atomic E-state index is 12.8. The van der Waals surface area contributed by atoms with Gasteiger partial charge in [-0.25, -0.2) is 0 Å². The molecule has 4 heteroatoms. The van der Waals surface area contributed by atoms with E-state index in [9.17, 15) is 4.79 Å². The van der Waals surface area contributed by atoms with Gasteiger partial charge in [0, 0.05) is 18.6 Å². The molecular formula is C19H33N3O. The minimum absolute atomic E-state index is 0.239. The summed E-state index contributed by atoms with van der Waals surface area (Å²) < 4.78 is 0. The van der Waals surface area contributed by atoms with Crippen LogP contribution >= 0.6 is 0 Å². The Hall–Kier alpha value is -0.610. The SMILES string of the molecule is CN1CCC(N2CCC[C@@H](C(=O)NC(C3CC3)C3CC3)C2)CC1. The van der Waals surface area contributed by atoms with Crippen molar-refractivity contribution in [2.45, 2.75) is 63.5 Å². The second kappa shape index (κ2) is 6.72. The molecule has 4 aliphatic rings. The van der Waals surface area contributed by atoms with Crippen molar-refractivity contribution in [2.24, 2.45) is 17.8 Å². The van der Waals surface area contributed by atoms with Crippen LogP contribution in [-0.2, 0) is 4.79 Å². The summed E-state index contributed by atoms with van der Waals surface area (Å²) in [4.78, 5) is 17.9. The van der Waals surface area contributed by atoms with E-state index in [1.54, 1.807) is 0 Å². The van der Waals surface area contributed by atoms with Gasteiger partial charge in [0.05, 0.1) is 5.92 Å². The van der Waals surface area contributed by atoms with E-state index in [0.717, 1.165) is 24.8 Å². The van der Waals surface area contributed by atoms with Crippen molar-refractivity contribution < 1.29 is 4.79 Å². The van der Waals surface area contributed by atoms with Gasteiger partial charge in [0.15, 0.2) is 0 Å². The van der Waals surface area contributed by atoms with Crippen molar-refractivity contribution >= 4 is 5.91 Å². The number of piperidine rings is 2. The molecule has 1 N–H and O–H groups in total. The van der Waals surface area contributed by atoms with Crippen molar-refractivity contribution in [2.75, 3.05) is 33.2 Å². The maximum Gasteiger partial charge on any atom is 0.224 e. The van der Waals surface area contributed by atoms with Gasteiger partial charge in [-0.05, 0) is 89.9 Å². The Balaban J connectivity index is 1.30. The van der Waals surface area contributed by atoms with Crippen LogP contribution in [-0.4, -0.2) is 61.0 Å². The molecule has 0 radical (unpaired) electrons. The lowest BCUT2D eigenvalue weighted by Crippen LogP contribution is -2.51. The molecule has 2 saturated carbocycles. The molecule has 0 bridgehead atoms. The monoisotopic (exact) mass is 319 g/mol. The summed E-state index contributed by atoms with van der Waals surface area (Å²) in [5.41, 5.74) is 0. The van der Waals surface area contributed by atoms with Crippen LogP contribution in [0.15, 0.2) is 0 Å². The van der Waals surface area contributed by atoms with Gasteiger partial charge in [-0.3, -0.25) is 9.69 Å². The van der Waals surface area contributed by atoms with E-state index in [4.69, 9.17) is 0 Å². The first kappa shape index (κ1) is 15.9. The number of nitrogens with zero attached hydrogens (tertiary/aromatic N) is 2. The van der Waals surface area contributed by atoms with Gasteiger partial charge < -0.3 is 10.2 Å². The van der Waals surface area contributed by atoms with Crippen LogP contribution in [0.3, 0.4) is 0 Å². The molecule has 4 fully saturated rings. The molecule has 2 aliphatic carbocycles. The molecule has 0 unspecified atom stereocenters. The number of carbonyl (C=O) groups is 1. The summed E-state index contributed by atoms with van der Waals surface area (Å²) in [6.07, 6.45) is 10.2. The highest BCUT2D eigenvalue weighted by atomic mass is 16.2. The van der Waals surface area contributed by atoms with Gasteiger partial charge in [0.25, 0.3) is 0 Å². The Morgan fingerprint density at radius 2 is 1.61 bits per heavy atom. The van der Waals surface area contributed by atoms with E-state index < -0.39 is 0 Å². The highest BCUT2D eigenvalue weighted by Crippen LogP contribution is 2.44. The van der Waals surface area contributed by atoms with Crippen molar-refractivity contribution in [1.82, 2.24) is 15.1 Å². The normalized spacial score (nSPS) is 31.5.